The van der Waals surface area contributed by atoms with Crippen molar-refractivity contribution in [2.24, 2.45) is 0 Å². The van der Waals surface area contributed by atoms with Crippen LogP contribution in [0, 0.1) is 6.92 Å². The lowest BCUT2D eigenvalue weighted by molar-refractivity contribution is 0.0697. The maximum Gasteiger partial charge on any atom is 0.335 e. The van der Waals surface area contributed by atoms with Gasteiger partial charge in [0, 0.05) is 12.1 Å². The number of rotatable bonds is 3. The highest BCUT2D eigenvalue weighted by Gasteiger charge is 2.15. The molecule has 21 heavy (non-hydrogen) atoms. The Morgan fingerprint density at radius 1 is 1.24 bits per heavy atom. The van der Waals surface area contributed by atoms with Crippen molar-refractivity contribution >= 4 is 5.97 Å². The highest BCUT2D eigenvalue weighted by molar-refractivity contribution is 5.88. The lowest BCUT2D eigenvalue weighted by atomic mass is 10.00. The van der Waals surface area contributed by atoms with Crippen molar-refractivity contribution in [1.29, 1.82) is 0 Å². The summed E-state index contributed by atoms with van der Waals surface area (Å²) in [5.41, 5.74) is 3.59. The predicted octanol–water partition coefficient (Wildman–Crippen LogP) is 3.13. The zero-order valence-corrected chi connectivity index (χ0v) is 11.8. The van der Waals surface area contributed by atoms with Crippen LogP contribution in [-0.4, -0.2) is 17.6 Å². The fraction of sp³-hybridized carbons (Fsp3) is 0.235. The largest absolute Gasteiger partial charge is 0.478 e. The molecule has 0 amide bonds. The summed E-state index contributed by atoms with van der Waals surface area (Å²) in [6, 6.07) is 11.0. The van der Waals surface area contributed by atoms with Gasteiger partial charge in [-0.25, -0.2) is 4.79 Å². The maximum atomic E-state index is 11.0. The van der Waals surface area contributed by atoms with E-state index in [1.807, 2.05) is 19.1 Å². The molecular weight excluding hydrogens is 266 g/mol. The summed E-state index contributed by atoms with van der Waals surface area (Å²) in [5, 5.41) is 12.3. The normalized spacial score (nSPS) is 13.6. The molecule has 108 valence electrons. The molecule has 0 fully saturated rings. The zero-order chi connectivity index (χ0) is 14.8. The van der Waals surface area contributed by atoms with Crippen LogP contribution in [0.1, 0.15) is 27.0 Å². The van der Waals surface area contributed by atoms with Crippen LogP contribution in [-0.2, 0) is 13.0 Å². The van der Waals surface area contributed by atoms with Gasteiger partial charge in [0.2, 0.25) is 0 Å². The minimum absolute atomic E-state index is 0.277. The first-order chi connectivity index (χ1) is 10.1. The molecule has 0 spiro atoms. The monoisotopic (exact) mass is 283 g/mol. The molecule has 0 aromatic heterocycles. The third-order valence-electron chi connectivity index (χ3n) is 3.74. The van der Waals surface area contributed by atoms with E-state index in [2.05, 4.69) is 11.4 Å². The van der Waals surface area contributed by atoms with E-state index in [0.29, 0.717) is 5.75 Å². The summed E-state index contributed by atoms with van der Waals surface area (Å²) < 4.78 is 6.02. The molecule has 2 N–H and O–H groups in total. The molecule has 2 aromatic carbocycles. The Morgan fingerprint density at radius 2 is 2.10 bits per heavy atom. The number of carboxylic acid groups (broad SMARTS) is 1. The van der Waals surface area contributed by atoms with Gasteiger partial charge in [0.15, 0.2) is 0 Å². The average molecular weight is 283 g/mol. The SMILES string of the molecule is Cc1cc(C(=O)O)ccc1Oc1cccc2c1CCNC2. The molecule has 3 rings (SSSR count). The van der Waals surface area contributed by atoms with Crippen LogP contribution in [0.2, 0.25) is 0 Å². The fourth-order valence-corrected chi connectivity index (χ4v) is 2.61. The Hall–Kier alpha value is -2.33. The number of ether oxygens (including phenoxy) is 1. The van der Waals surface area contributed by atoms with Gasteiger partial charge in [0.05, 0.1) is 5.56 Å². The second kappa shape index (κ2) is 5.58. The quantitative estimate of drug-likeness (QED) is 0.908. The van der Waals surface area contributed by atoms with Crippen LogP contribution in [0.15, 0.2) is 36.4 Å². The second-order valence-corrected chi connectivity index (χ2v) is 5.21. The number of benzene rings is 2. The van der Waals surface area contributed by atoms with E-state index < -0.39 is 5.97 Å². The van der Waals surface area contributed by atoms with Crippen molar-refractivity contribution < 1.29 is 14.6 Å². The minimum atomic E-state index is -0.923. The van der Waals surface area contributed by atoms with Crippen LogP contribution in [0.3, 0.4) is 0 Å². The van der Waals surface area contributed by atoms with Gasteiger partial charge in [-0.15, -0.1) is 0 Å². The number of hydrogen-bond acceptors (Lipinski definition) is 3. The van der Waals surface area contributed by atoms with E-state index >= 15 is 0 Å². The number of carbonyl (C=O) groups is 1. The molecule has 0 bridgehead atoms. The first kappa shape index (κ1) is 13.6. The first-order valence-electron chi connectivity index (χ1n) is 6.98. The molecule has 0 aliphatic carbocycles. The number of fused-ring (bicyclic) bond motifs is 1. The lowest BCUT2D eigenvalue weighted by Gasteiger charge is -2.20. The van der Waals surface area contributed by atoms with Gasteiger partial charge in [-0.3, -0.25) is 0 Å². The Balaban J connectivity index is 1.92. The first-order valence-corrected chi connectivity index (χ1v) is 6.98. The van der Waals surface area contributed by atoms with Gasteiger partial charge < -0.3 is 15.2 Å². The van der Waals surface area contributed by atoms with Crippen LogP contribution in [0.25, 0.3) is 0 Å². The van der Waals surface area contributed by atoms with E-state index in [4.69, 9.17) is 9.84 Å². The molecule has 1 heterocycles. The van der Waals surface area contributed by atoms with Crippen LogP contribution in [0.5, 0.6) is 11.5 Å². The minimum Gasteiger partial charge on any atom is -0.478 e. The van der Waals surface area contributed by atoms with Crippen LogP contribution >= 0.6 is 0 Å². The molecule has 4 heteroatoms. The van der Waals surface area contributed by atoms with Gasteiger partial charge in [0.25, 0.3) is 0 Å². The van der Waals surface area contributed by atoms with Gasteiger partial charge in [-0.05, 0) is 55.3 Å². The highest BCUT2D eigenvalue weighted by Crippen LogP contribution is 2.31. The summed E-state index contributed by atoms with van der Waals surface area (Å²) in [4.78, 5) is 11.0. The molecule has 2 aromatic rings. The topological polar surface area (TPSA) is 58.6 Å². The Bertz CT molecular complexity index is 694. The maximum absolute atomic E-state index is 11.0. The summed E-state index contributed by atoms with van der Waals surface area (Å²) in [5.74, 6) is 0.639. The van der Waals surface area contributed by atoms with Gasteiger partial charge in [-0.1, -0.05) is 12.1 Å². The number of aryl methyl sites for hydroxylation is 1. The van der Waals surface area contributed by atoms with E-state index in [0.717, 1.165) is 30.8 Å². The molecular formula is C17H17NO3. The fourth-order valence-electron chi connectivity index (χ4n) is 2.61. The second-order valence-electron chi connectivity index (χ2n) is 5.21. The smallest absolute Gasteiger partial charge is 0.335 e. The van der Waals surface area contributed by atoms with Gasteiger partial charge in [-0.2, -0.15) is 0 Å². The van der Waals surface area contributed by atoms with E-state index in [9.17, 15) is 4.79 Å². The molecule has 0 radical (unpaired) electrons. The number of nitrogens with one attached hydrogen (secondary N) is 1. The van der Waals surface area contributed by atoms with Crippen molar-refractivity contribution in [1.82, 2.24) is 5.32 Å². The summed E-state index contributed by atoms with van der Waals surface area (Å²) in [6.45, 7) is 3.67. The Labute approximate surface area is 123 Å². The molecule has 1 aliphatic rings. The summed E-state index contributed by atoms with van der Waals surface area (Å²) in [6.07, 6.45) is 0.942. The Morgan fingerprint density at radius 3 is 2.86 bits per heavy atom. The van der Waals surface area contributed by atoms with Crippen molar-refractivity contribution in [2.45, 2.75) is 19.9 Å². The van der Waals surface area contributed by atoms with Crippen molar-refractivity contribution in [3.8, 4) is 11.5 Å². The predicted molar refractivity (Wildman–Crippen MR) is 80.1 cm³/mol. The third-order valence-corrected chi connectivity index (χ3v) is 3.74. The molecule has 4 nitrogen and oxygen atoms in total. The summed E-state index contributed by atoms with van der Waals surface area (Å²) in [7, 11) is 0. The molecule has 0 saturated heterocycles. The summed E-state index contributed by atoms with van der Waals surface area (Å²) >= 11 is 0. The molecule has 0 atom stereocenters. The highest BCUT2D eigenvalue weighted by atomic mass is 16.5. The van der Waals surface area contributed by atoms with Crippen molar-refractivity contribution in [3.05, 3.63) is 58.7 Å². The standard InChI is InChI=1S/C17H17NO3/c1-11-9-12(17(19)20)5-6-15(11)21-16-4-2-3-13-10-18-8-7-14(13)16/h2-6,9,18H,7-8,10H2,1H3,(H,19,20). The third kappa shape index (κ3) is 2.76. The average Bonchev–Trinajstić information content (AvgIpc) is 2.49. The number of hydrogen-bond donors (Lipinski definition) is 2. The number of carboxylic acids is 1. The van der Waals surface area contributed by atoms with E-state index in [1.165, 1.54) is 11.1 Å². The molecule has 0 saturated carbocycles. The van der Waals surface area contributed by atoms with E-state index in [-0.39, 0.29) is 5.56 Å². The van der Waals surface area contributed by atoms with Gasteiger partial charge >= 0.3 is 5.97 Å². The van der Waals surface area contributed by atoms with Crippen molar-refractivity contribution in [3.63, 3.8) is 0 Å². The van der Waals surface area contributed by atoms with Gasteiger partial charge in [0.1, 0.15) is 11.5 Å². The number of aromatic carboxylic acids is 1. The molecule has 1 aliphatic heterocycles. The van der Waals surface area contributed by atoms with E-state index in [1.54, 1.807) is 18.2 Å². The molecule has 0 unspecified atom stereocenters. The van der Waals surface area contributed by atoms with Crippen LogP contribution < -0.4 is 10.1 Å². The Kier molecular flexibility index (Phi) is 3.62. The van der Waals surface area contributed by atoms with Crippen molar-refractivity contribution in [2.75, 3.05) is 6.54 Å². The van der Waals surface area contributed by atoms with Crippen LogP contribution in [0.4, 0.5) is 0 Å². The lowest BCUT2D eigenvalue weighted by Crippen LogP contribution is -2.23. The zero-order valence-electron chi connectivity index (χ0n) is 11.8.